The number of rotatable bonds is 0. The van der Waals surface area contributed by atoms with Crippen molar-refractivity contribution < 1.29 is 5.11 Å². The lowest BCUT2D eigenvalue weighted by Gasteiger charge is -2.16. The largest absolute Gasteiger partial charge is 0.507 e. The first-order valence-electron chi connectivity index (χ1n) is 11.4. The quantitative estimate of drug-likeness (QED) is 0.193. The van der Waals surface area contributed by atoms with E-state index in [0.717, 1.165) is 16.5 Å². The van der Waals surface area contributed by atoms with Crippen LogP contribution in [0.15, 0.2) is 103 Å². The Labute approximate surface area is 190 Å². The Kier molecular flexibility index (Phi) is 3.08. The Morgan fingerprint density at radius 1 is 0.364 bits per heavy atom. The van der Waals surface area contributed by atoms with E-state index in [2.05, 4.69) is 97.1 Å². The zero-order valence-electron chi connectivity index (χ0n) is 17.8. The summed E-state index contributed by atoms with van der Waals surface area (Å²) in [5.74, 6) is 0.350. The Bertz CT molecular complexity index is 1980. The van der Waals surface area contributed by atoms with Gasteiger partial charge in [0.2, 0.25) is 0 Å². The molecule has 8 rings (SSSR count). The minimum atomic E-state index is 0.350. The highest BCUT2D eigenvalue weighted by atomic mass is 16.3. The van der Waals surface area contributed by atoms with Crippen LogP contribution in [0.2, 0.25) is 0 Å². The van der Waals surface area contributed by atoms with Crippen LogP contribution in [0, 0.1) is 0 Å². The summed E-state index contributed by atoms with van der Waals surface area (Å²) in [5, 5.41) is 23.4. The topological polar surface area (TPSA) is 20.2 Å². The molecule has 1 aliphatic rings. The molecule has 1 heteroatoms. The van der Waals surface area contributed by atoms with Gasteiger partial charge in [0.15, 0.2) is 0 Å². The van der Waals surface area contributed by atoms with Crippen LogP contribution in [0.5, 0.6) is 5.75 Å². The number of benzene rings is 7. The summed E-state index contributed by atoms with van der Waals surface area (Å²) in [7, 11) is 0. The molecule has 0 saturated carbocycles. The van der Waals surface area contributed by atoms with Crippen LogP contribution in [0.4, 0.5) is 0 Å². The van der Waals surface area contributed by atoms with Crippen LogP contribution in [-0.2, 0) is 0 Å². The molecule has 0 amide bonds. The molecule has 152 valence electrons. The van der Waals surface area contributed by atoms with Crippen LogP contribution in [0.25, 0.3) is 76.1 Å². The summed E-state index contributed by atoms with van der Waals surface area (Å²) < 4.78 is 0. The molecule has 0 fully saturated rings. The van der Waals surface area contributed by atoms with Gasteiger partial charge < -0.3 is 5.11 Å². The highest BCUT2D eigenvalue weighted by Gasteiger charge is 2.30. The van der Waals surface area contributed by atoms with Crippen LogP contribution in [-0.4, -0.2) is 5.11 Å². The van der Waals surface area contributed by atoms with E-state index in [4.69, 9.17) is 0 Å². The molecule has 7 aromatic carbocycles. The Hall–Kier alpha value is -4.36. The van der Waals surface area contributed by atoms with Crippen molar-refractivity contribution in [3.63, 3.8) is 0 Å². The second kappa shape index (κ2) is 5.90. The predicted octanol–water partition coefficient (Wildman–Crippen LogP) is 8.81. The molecule has 7 aromatic rings. The molecule has 0 aliphatic heterocycles. The molecular formula is C32H18O. The highest BCUT2D eigenvalue weighted by molar-refractivity contribution is 6.37. The highest BCUT2D eigenvalue weighted by Crippen LogP contribution is 2.58. The minimum absolute atomic E-state index is 0.350. The van der Waals surface area contributed by atoms with Crippen molar-refractivity contribution in [2.24, 2.45) is 0 Å². The molecule has 1 aliphatic carbocycles. The second-order valence-electron chi connectivity index (χ2n) is 9.04. The van der Waals surface area contributed by atoms with Gasteiger partial charge in [-0.2, -0.15) is 0 Å². The van der Waals surface area contributed by atoms with Gasteiger partial charge in [0.25, 0.3) is 0 Å². The molecule has 0 unspecified atom stereocenters. The van der Waals surface area contributed by atoms with Crippen LogP contribution in [0.1, 0.15) is 0 Å². The van der Waals surface area contributed by atoms with Gasteiger partial charge in [-0.1, -0.05) is 91.0 Å². The summed E-state index contributed by atoms with van der Waals surface area (Å²) in [5.41, 5.74) is 4.62. The molecule has 0 aromatic heterocycles. The average Bonchev–Trinajstić information content (AvgIpc) is 3.24. The summed E-state index contributed by atoms with van der Waals surface area (Å²) >= 11 is 0. The Morgan fingerprint density at radius 2 is 1.03 bits per heavy atom. The van der Waals surface area contributed by atoms with E-state index >= 15 is 0 Å². The predicted molar refractivity (Wildman–Crippen MR) is 140 cm³/mol. The van der Waals surface area contributed by atoms with E-state index in [1.54, 1.807) is 0 Å². The Morgan fingerprint density at radius 3 is 1.88 bits per heavy atom. The number of aromatic hydroxyl groups is 1. The van der Waals surface area contributed by atoms with Crippen molar-refractivity contribution in [2.45, 2.75) is 0 Å². The molecule has 0 bridgehead atoms. The second-order valence-corrected chi connectivity index (χ2v) is 9.04. The van der Waals surface area contributed by atoms with Gasteiger partial charge in [-0.25, -0.2) is 0 Å². The summed E-state index contributed by atoms with van der Waals surface area (Å²) in [6, 6.07) is 36.6. The number of fused-ring (bicyclic) bond motifs is 12. The molecule has 0 saturated heterocycles. The van der Waals surface area contributed by atoms with E-state index < -0.39 is 0 Å². The first kappa shape index (κ1) is 17.2. The van der Waals surface area contributed by atoms with Gasteiger partial charge in [0, 0.05) is 22.1 Å². The third-order valence-electron chi connectivity index (χ3n) is 7.42. The number of hydrogen-bond donors (Lipinski definition) is 1. The molecule has 0 atom stereocenters. The van der Waals surface area contributed by atoms with Crippen molar-refractivity contribution in [1.29, 1.82) is 0 Å². The van der Waals surface area contributed by atoms with E-state index in [9.17, 15) is 5.11 Å². The van der Waals surface area contributed by atoms with Gasteiger partial charge >= 0.3 is 0 Å². The fourth-order valence-electron chi connectivity index (χ4n) is 6.13. The smallest absolute Gasteiger partial charge is 0.124 e. The van der Waals surface area contributed by atoms with Crippen molar-refractivity contribution in [3.8, 4) is 28.0 Å². The van der Waals surface area contributed by atoms with Crippen LogP contribution < -0.4 is 0 Å². The standard InChI is InChI=1S/C32H18O/c33-26-16-14-20-17-19-8-2-4-10-22(19)29-27(20)31(26)30-24-12-6-5-11-23(24)25-15-13-18-7-1-3-9-21(18)28(25)32(29)30/h1-17,33H. The first-order chi connectivity index (χ1) is 16.3. The molecule has 0 radical (unpaired) electrons. The number of hydrogen-bond acceptors (Lipinski definition) is 1. The fourth-order valence-corrected chi connectivity index (χ4v) is 6.13. The monoisotopic (exact) mass is 418 g/mol. The van der Waals surface area contributed by atoms with Gasteiger partial charge in [-0.15, -0.1) is 0 Å². The zero-order valence-corrected chi connectivity index (χ0v) is 17.8. The number of phenolic OH excluding ortho intramolecular Hbond substituents is 1. The molecular weight excluding hydrogens is 400 g/mol. The third-order valence-corrected chi connectivity index (χ3v) is 7.42. The summed E-state index contributed by atoms with van der Waals surface area (Å²) in [4.78, 5) is 0. The molecule has 1 nitrogen and oxygen atoms in total. The number of phenols is 1. The van der Waals surface area contributed by atoms with Crippen molar-refractivity contribution in [3.05, 3.63) is 103 Å². The van der Waals surface area contributed by atoms with Crippen molar-refractivity contribution in [2.75, 3.05) is 0 Å². The molecule has 1 N–H and O–H groups in total. The van der Waals surface area contributed by atoms with Crippen molar-refractivity contribution in [1.82, 2.24) is 0 Å². The van der Waals surface area contributed by atoms with E-state index in [1.165, 1.54) is 59.6 Å². The average molecular weight is 418 g/mol. The van der Waals surface area contributed by atoms with Crippen molar-refractivity contribution >= 4 is 53.9 Å². The normalized spacial score (nSPS) is 12.4. The third kappa shape index (κ3) is 2.03. The SMILES string of the molecule is Oc1ccc2cc3ccccc3c3c2c1-c1c-3c2c3ccccc3ccc2c2ccccc12. The van der Waals surface area contributed by atoms with Gasteiger partial charge in [0.1, 0.15) is 5.75 Å². The lowest BCUT2D eigenvalue weighted by atomic mass is 9.86. The van der Waals surface area contributed by atoms with E-state index in [-0.39, 0.29) is 0 Å². The summed E-state index contributed by atoms with van der Waals surface area (Å²) in [6.45, 7) is 0. The van der Waals surface area contributed by atoms with E-state index in [1.807, 2.05) is 6.07 Å². The van der Waals surface area contributed by atoms with Gasteiger partial charge in [0.05, 0.1) is 0 Å². The van der Waals surface area contributed by atoms with Gasteiger partial charge in [-0.05, 0) is 66.2 Å². The van der Waals surface area contributed by atoms with Crippen LogP contribution in [0.3, 0.4) is 0 Å². The zero-order chi connectivity index (χ0) is 21.7. The van der Waals surface area contributed by atoms with E-state index in [0.29, 0.717) is 5.75 Å². The molecule has 0 spiro atoms. The lowest BCUT2D eigenvalue weighted by molar-refractivity contribution is 0.478. The molecule has 33 heavy (non-hydrogen) atoms. The first-order valence-corrected chi connectivity index (χ1v) is 11.4. The molecule has 0 heterocycles. The van der Waals surface area contributed by atoms with Gasteiger partial charge in [-0.3, -0.25) is 0 Å². The lowest BCUT2D eigenvalue weighted by Crippen LogP contribution is -1.88. The Balaban J connectivity index is 1.79. The maximum absolute atomic E-state index is 11.2. The minimum Gasteiger partial charge on any atom is -0.507 e. The maximum Gasteiger partial charge on any atom is 0.124 e. The fraction of sp³-hybridized carbons (Fsp3) is 0. The summed E-state index contributed by atoms with van der Waals surface area (Å²) in [6.07, 6.45) is 0. The maximum atomic E-state index is 11.2. The van der Waals surface area contributed by atoms with Crippen LogP contribution >= 0.6 is 0 Å².